The Hall–Kier alpha value is -0.930. The molecule has 1 fully saturated rings. The van der Waals surface area contributed by atoms with E-state index in [0.29, 0.717) is 0 Å². The molecule has 1 N–H and O–H groups in total. The van der Waals surface area contributed by atoms with E-state index in [2.05, 4.69) is 41.5 Å². The van der Waals surface area contributed by atoms with E-state index in [1.807, 2.05) is 11.3 Å². The second-order valence-electron chi connectivity index (χ2n) is 6.00. The van der Waals surface area contributed by atoms with Gasteiger partial charge in [-0.2, -0.15) is 0 Å². The summed E-state index contributed by atoms with van der Waals surface area (Å²) in [4.78, 5) is 4.68. The van der Waals surface area contributed by atoms with Crippen LogP contribution in [0.3, 0.4) is 0 Å². The minimum absolute atomic E-state index is 0.882. The van der Waals surface area contributed by atoms with Gasteiger partial charge < -0.3 is 5.32 Å². The summed E-state index contributed by atoms with van der Waals surface area (Å²) in [5.74, 6) is 1.88. The van der Waals surface area contributed by atoms with E-state index in [9.17, 15) is 0 Å². The van der Waals surface area contributed by atoms with Crippen LogP contribution in [-0.4, -0.2) is 11.5 Å². The summed E-state index contributed by atoms with van der Waals surface area (Å²) in [7, 11) is 0. The fourth-order valence-electron chi connectivity index (χ4n) is 3.22. The molecule has 0 amide bonds. The highest BCUT2D eigenvalue weighted by Crippen LogP contribution is 2.30. The van der Waals surface area contributed by atoms with Gasteiger partial charge in [-0.05, 0) is 43.4 Å². The lowest BCUT2D eigenvalue weighted by atomic mass is 9.81. The minimum atomic E-state index is 0.882. The van der Waals surface area contributed by atoms with Crippen molar-refractivity contribution >= 4 is 21.6 Å². The fraction of sp³-hybridized carbons (Fsp3) is 0.588. The summed E-state index contributed by atoms with van der Waals surface area (Å²) in [5, 5.41) is 4.83. The lowest BCUT2D eigenvalue weighted by Crippen LogP contribution is -2.26. The molecule has 0 saturated heterocycles. The molecule has 3 heteroatoms. The van der Waals surface area contributed by atoms with Gasteiger partial charge in [0.25, 0.3) is 0 Å². The van der Waals surface area contributed by atoms with Crippen molar-refractivity contribution in [2.24, 2.45) is 11.8 Å². The summed E-state index contributed by atoms with van der Waals surface area (Å²) < 4.78 is 1.30. The van der Waals surface area contributed by atoms with Crippen LogP contribution in [0, 0.1) is 11.8 Å². The molecule has 1 aliphatic carbocycles. The van der Waals surface area contributed by atoms with Crippen LogP contribution in [-0.2, 0) is 6.54 Å². The molecule has 20 heavy (non-hydrogen) atoms. The number of thiazole rings is 1. The third-order valence-corrected chi connectivity index (χ3v) is 5.63. The molecule has 0 bridgehead atoms. The van der Waals surface area contributed by atoms with Gasteiger partial charge >= 0.3 is 0 Å². The lowest BCUT2D eigenvalue weighted by Gasteiger charge is -2.27. The average Bonchev–Trinajstić information content (AvgIpc) is 2.90. The minimum Gasteiger partial charge on any atom is -0.310 e. The molecular formula is C17H24N2S. The Morgan fingerprint density at radius 3 is 2.65 bits per heavy atom. The number of rotatable bonds is 5. The number of nitrogens with one attached hydrogen (secondary N) is 1. The molecule has 2 nitrogen and oxygen atoms in total. The molecule has 3 rings (SSSR count). The summed E-state index contributed by atoms with van der Waals surface area (Å²) in [5.41, 5.74) is 1.14. The van der Waals surface area contributed by atoms with E-state index >= 15 is 0 Å². The first kappa shape index (κ1) is 14.0. The van der Waals surface area contributed by atoms with Gasteiger partial charge in [-0.25, -0.2) is 4.98 Å². The highest BCUT2D eigenvalue weighted by Gasteiger charge is 2.19. The van der Waals surface area contributed by atoms with Crippen LogP contribution < -0.4 is 5.32 Å². The zero-order valence-electron chi connectivity index (χ0n) is 12.3. The second kappa shape index (κ2) is 6.68. The number of nitrogens with zero attached hydrogens (tertiary/aromatic N) is 1. The SMILES string of the molecule is CCC1CCC(CNCc2nc3ccccc3s2)CC1. The average molecular weight is 288 g/mol. The molecule has 0 atom stereocenters. The van der Waals surface area contributed by atoms with Gasteiger partial charge in [-0.3, -0.25) is 0 Å². The van der Waals surface area contributed by atoms with Crippen molar-refractivity contribution in [2.45, 2.75) is 45.6 Å². The first-order valence-corrected chi connectivity index (χ1v) is 8.72. The van der Waals surface area contributed by atoms with Crippen molar-refractivity contribution in [3.8, 4) is 0 Å². The number of hydrogen-bond donors (Lipinski definition) is 1. The molecule has 0 unspecified atom stereocenters. The largest absolute Gasteiger partial charge is 0.310 e. The van der Waals surface area contributed by atoms with Crippen molar-refractivity contribution < 1.29 is 0 Å². The van der Waals surface area contributed by atoms with Gasteiger partial charge in [0.15, 0.2) is 0 Å². The van der Waals surface area contributed by atoms with E-state index in [0.717, 1.165) is 30.4 Å². The van der Waals surface area contributed by atoms with Crippen molar-refractivity contribution in [3.05, 3.63) is 29.3 Å². The van der Waals surface area contributed by atoms with Gasteiger partial charge in [0.1, 0.15) is 5.01 Å². The van der Waals surface area contributed by atoms with Crippen LogP contribution in [0.1, 0.15) is 44.0 Å². The Labute approximate surface area is 125 Å². The topological polar surface area (TPSA) is 24.9 Å². The lowest BCUT2D eigenvalue weighted by molar-refractivity contribution is 0.262. The molecule has 1 heterocycles. The van der Waals surface area contributed by atoms with Crippen LogP contribution in [0.2, 0.25) is 0 Å². The maximum absolute atomic E-state index is 4.68. The van der Waals surface area contributed by atoms with E-state index in [4.69, 9.17) is 0 Å². The first-order chi connectivity index (χ1) is 9.85. The monoisotopic (exact) mass is 288 g/mol. The Balaban J connectivity index is 1.46. The van der Waals surface area contributed by atoms with Crippen molar-refractivity contribution in [1.29, 1.82) is 0 Å². The van der Waals surface area contributed by atoms with Crippen LogP contribution in [0.25, 0.3) is 10.2 Å². The normalized spacial score (nSPS) is 23.2. The van der Waals surface area contributed by atoms with Crippen LogP contribution in [0.4, 0.5) is 0 Å². The number of hydrogen-bond acceptors (Lipinski definition) is 3. The predicted octanol–water partition coefficient (Wildman–Crippen LogP) is 4.60. The molecule has 1 aromatic carbocycles. The molecule has 0 radical (unpaired) electrons. The van der Waals surface area contributed by atoms with Crippen molar-refractivity contribution in [3.63, 3.8) is 0 Å². The molecule has 1 aliphatic rings. The third-order valence-electron chi connectivity index (χ3n) is 4.59. The maximum atomic E-state index is 4.68. The Bertz CT molecular complexity index is 508. The molecule has 0 aliphatic heterocycles. The zero-order valence-corrected chi connectivity index (χ0v) is 13.1. The molecule has 108 valence electrons. The van der Waals surface area contributed by atoms with Crippen molar-refractivity contribution in [2.75, 3.05) is 6.54 Å². The number of para-hydroxylation sites is 1. The highest BCUT2D eigenvalue weighted by atomic mass is 32.1. The van der Waals surface area contributed by atoms with E-state index in [-0.39, 0.29) is 0 Å². The highest BCUT2D eigenvalue weighted by molar-refractivity contribution is 7.18. The smallest absolute Gasteiger partial charge is 0.108 e. The van der Waals surface area contributed by atoms with Gasteiger partial charge in [0.2, 0.25) is 0 Å². The standard InChI is InChI=1S/C17H24N2S/c1-2-13-7-9-14(10-8-13)11-18-12-17-19-15-5-3-4-6-16(15)20-17/h3-6,13-14,18H,2,7-12H2,1H3. The molecule has 2 aromatic rings. The van der Waals surface area contributed by atoms with E-state index < -0.39 is 0 Å². The fourth-order valence-corrected chi connectivity index (χ4v) is 4.16. The van der Waals surface area contributed by atoms with Gasteiger partial charge in [-0.1, -0.05) is 38.3 Å². The Kier molecular flexibility index (Phi) is 4.69. The number of aromatic nitrogens is 1. The van der Waals surface area contributed by atoms with Gasteiger partial charge in [0.05, 0.1) is 10.2 Å². The van der Waals surface area contributed by atoms with E-state index in [1.165, 1.54) is 41.8 Å². The summed E-state index contributed by atoms with van der Waals surface area (Å²) in [6.45, 7) is 4.41. The van der Waals surface area contributed by atoms with Gasteiger partial charge in [-0.15, -0.1) is 11.3 Å². The first-order valence-electron chi connectivity index (χ1n) is 7.90. The Morgan fingerprint density at radius 2 is 1.90 bits per heavy atom. The zero-order chi connectivity index (χ0) is 13.8. The molecular weight excluding hydrogens is 264 g/mol. The second-order valence-corrected chi connectivity index (χ2v) is 7.12. The van der Waals surface area contributed by atoms with Crippen LogP contribution in [0.5, 0.6) is 0 Å². The predicted molar refractivity (Wildman–Crippen MR) is 87.1 cm³/mol. The third kappa shape index (κ3) is 3.39. The van der Waals surface area contributed by atoms with Crippen LogP contribution in [0.15, 0.2) is 24.3 Å². The summed E-state index contributed by atoms with van der Waals surface area (Å²) >= 11 is 1.81. The van der Waals surface area contributed by atoms with E-state index in [1.54, 1.807) is 0 Å². The molecule has 0 spiro atoms. The molecule has 1 saturated carbocycles. The summed E-state index contributed by atoms with van der Waals surface area (Å²) in [6, 6.07) is 8.40. The quantitative estimate of drug-likeness (QED) is 0.869. The Morgan fingerprint density at radius 1 is 1.15 bits per heavy atom. The van der Waals surface area contributed by atoms with Gasteiger partial charge in [0, 0.05) is 6.54 Å². The number of benzene rings is 1. The number of fused-ring (bicyclic) bond motifs is 1. The molecule has 1 aromatic heterocycles. The van der Waals surface area contributed by atoms with Crippen molar-refractivity contribution in [1.82, 2.24) is 10.3 Å². The summed E-state index contributed by atoms with van der Waals surface area (Å²) in [6.07, 6.45) is 7.05. The maximum Gasteiger partial charge on any atom is 0.108 e. The van der Waals surface area contributed by atoms with Crippen LogP contribution >= 0.6 is 11.3 Å².